The summed E-state index contributed by atoms with van der Waals surface area (Å²) in [7, 11) is 1.76. The quantitative estimate of drug-likeness (QED) is 0.307. The molecule has 10 heteroatoms. The van der Waals surface area contributed by atoms with Crippen LogP contribution < -0.4 is 45.0 Å². The first-order valence-corrected chi connectivity index (χ1v) is 10.8. The fourth-order valence-electron chi connectivity index (χ4n) is 3.69. The molecule has 1 atom stereocenters. The second-order valence-electron chi connectivity index (χ2n) is 7.59. The second kappa shape index (κ2) is 12.3. The van der Waals surface area contributed by atoms with Crippen LogP contribution in [0.2, 0.25) is 0 Å². The molecule has 0 N–H and O–H groups in total. The van der Waals surface area contributed by atoms with Crippen LogP contribution in [0.25, 0.3) is 11.0 Å². The van der Waals surface area contributed by atoms with E-state index in [1.807, 2.05) is 6.92 Å². The summed E-state index contributed by atoms with van der Waals surface area (Å²) in [6, 6.07) is 7.12. The molecule has 0 saturated carbocycles. The van der Waals surface area contributed by atoms with Crippen molar-refractivity contribution in [1.29, 1.82) is 0 Å². The maximum absolute atomic E-state index is 13.0. The van der Waals surface area contributed by atoms with Gasteiger partial charge in [-0.1, -0.05) is 25.5 Å². The van der Waals surface area contributed by atoms with E-state index >= 15 is 0 Å². The van der Waals surface area contributed by atoms with Crippen molar-refractivity contribution in [2.45, 2.75) is 52.7 Å². The Bertz CT molecular complexity index is 1140. The Hall–Kier alpha value is -2.20. The summed E-state index contributed by atoms with van der Waals surface area (Å²) in [5.41, 5.74) is 2.69. The minimum Gasteiger partial charge on any atom is -0.547 e. The number of carboxylic acid groups (broad SMARTS) is 1. The van der Waals surface area contributed by atoms with Crippen LogP contribution in [0.4, 0.5) is 0 Å². The van der Waals surface area contributed by atoms with E-state index in [0.29, 0.717) is 35.8 Å². The van der Waals surface area contributed by atoms with Crippen LogP contribution in [-0.2, 0) is 36.0 Å². The Morgan fingerprint density at radius 3 is 2.52 bits per heavy atom. The van der Waals surface area contributed by atoms with Gasteiger partial charge in [0, 0.05) is 20.1 Å². The Balaban J connectivity index is 0.00000385. The zero-order chi connectivity index (χ0) is 23.3. The molecule has 1 aromatic carbocycles. The molecule has 9 nitrogen and oxygen atoms in total. The number of benzene rings is 1. The number of rotatable bonds is 11. The van der Waals surface area contributed by atoms with Gasteiger partial charge in [0.25, 0.3) is 5.56 Å². The summed E-state index contributed by atoms with van der Waals surface area (Å²) in [5.74, 6) is 0.0190. The molecular formula is C23H29N4NaO5. The summed E-state index contributed by atoms with van der Waals surface area (Å²) in [6.07, 6.45) is 0.957. The van der Waals surface area contributed by atoms with E-state index in [-0.39, 0.29) is 48.1 Å². The zero-order valence-corrected chi connectivity index (χ0v) is 22.0. The van der Waals surface area contributed by atoms with Gasteiger partial charge in [0.15, 0.2) is 5.52 Å². The number of aromatic nitrogens is 4. The summed E-state index contributed by atoms with van der Waals surface area (Å²) < 4.78 is 14.2. The van der Waals surface area contributed by atoms with Crippen LogP contribution in [-0.4, -0.2) is 44.6 Å². The number of aliphatic carboxylic acids is 1. The standard InChI is InChI=1S/C23H30N4O5.Na/c1-5-7-18-20-21(26(4)25-18)22(28)27(15(3)24-20)12-13-32-17-10-8-16(9-11-17)14-19(23(29)30)31-6-2;/h8-11,19H,5-7,12-14H2,1-4H3,(H,29,30);/q;+1/p-1. The molecule has 2 heterocycles. The van der Waals surface area contributed by atoms with Crippen LogP contribution in [0.15, 0.2) is 29.1 Å². The van der Waals surface area contributed by atoms with Gasteiger partial charge in [-0.05, 0) is 38.0 Å². The third-order valence-corrected chi connectivity index (χ3v) is 5.25. The molecule has 3 aromatic rings. The minimum absolute atomic E-state index is 0. The van der Waals surface area contributed by atoms with Gasteiger partial charge in [0.05, 0.1) is 18.2 Å². The molecule has 1 unspecified atom stereocenters. The third kappa shape index (κ3) is 6.44. The smallest absolute Gasteiger partial charge is 0.547 e. The van der Waals surface area contributed by atoms with E-state index in [1.54, 1.807) is 47.5 Å². The first-order chi connectivity index (χ1) is 15.3. The maximum Gasteiger partial charge on any atom is 1.00 e. The van der Waals surface area contributed by atoms with Gasteiger partial charge >= 0.3 is 29.6 Å². The van der Waals surface area contributed by atoms with Crippen molar-refractivity contribution in [2.24, 2.45) is 7.05 Å². The molecule has 0 aliphatic heterocycles. The van der Waals surface area contributed by atoms with Crippen LogP contribution in [0.5, 0.6) is 5.75 Å². The van der Waals surface area contributed by atoms with Gasteiger partial charge in [0.1, 0.15) is 29.8 Å². The molecule has 0 saturated heterocycles. The molecule has 0 bridgehead atoms. The van der Waals surface area contributed by atoms with E-state index in [9.17, 15) is 14.7 Å². The van der Waals surface area contributed by atoms with E-state index in [4.69, 9.17) is 9.47 Å². The van der Waals surface area contributed by atoms with E-state index in [0.717, 1.165) is 24.1 Å². The summed E-state index contributed by atoms with van der Waals surface area (Å²) in [5, 5.41) is 15.6. The number of ether oxygens (including phenoxy) is 2. The summed E-state index contributed by atoms with van der Waals surface area (Å²) in [4.78, 5) is 28.8. The van der Waals surface area contributed by atoms with E-state index in [2.05, 4.69) is 17.0 Å². The second-order valence-corrected chi connectivity index (χ2v) is 7.59. The van der Waals surface area contributed by atoms with Crippen LogP contribution in [0, 0.1) is 6.92 Å². The molecule has 0 aliphatic rings. The van der Waals surface area contributed by atoms with Crippen LogP contribution in [0.3, 0.4) is 0 Å². The number of carbonyl (C=O) groups excluding carboxylic acids is 1. The monoisotopic (exact) mass is 464 g/mol. The number of aryl methyl sites for hydroxylation is 3. The molecule has 0 radical (unpaired) electrons. The van der Waals surface area contributed by atoms with Crippen molar-refractivity contribution in [3.05, 3.63) is 51.7 Å². The number of hydrogen-bond donors (Lipinski definition) is 0. The predicted molar refractivity (Wildman–Crippen MR) is 118 cm³/mol. The largest absolute Gasteiger partial charge is 1.00 e. The SMILES string of the molecule is CCCc1nn(C)c2c(=O)n(CCOc3ccc(CC(OCC)C(=O)[O-])cc3)c(C)nc12.[Na+]. The third-order valence-electron chi connectivity index (χ3n) is 5.25. The minimum atomic E-state index is -1.23. The van der Waals surface area contributed by atoms with Crippen LogP contribution >= 0.6 is 0 Å². The molecule has 172 valence electrons. The van der Waals surface area contributed by atoms with Gasteiger partial charge < -0.3 is 19.4 Å². The Morgan fingerprint density at radius 1 is 1.21 bits per heavy atom. The first-order valence-electron chi connectivity index (χ1n) is 10.8. The van der Waals surface area contributed by atoms with Gasteiger partial charge in [-0.15, -0.1) is 0 Å². The Kier molecular flexibility index (Phi) is 10.1. The number of carboxylic acids is 1. The summed E-state index contributed by atoms with van der Waals surface area (Å²) >= 11 is 0. The molecule has 33 heavy (non-hydrogen) atoms. The molecule has 0 spiro atoms. The molecule has 0 amide bonds. The fraction of sp³-hybridized carbons (Fsp3) is 0.478. The normalized spacial score (nSPS) is 11.9. The predicted octanol–water partition coefficient (Wildman–Crippen LogP) is -1.83. The Morgan fingerprint density at radius 2 is 1.91 bits per heavy atom. The number of nitrogens with zero attached hydrogens (tertiary/aromatic N) is 4. The van der Waals surface area contributed by atoms with Gasteiger partial charge in [-0.25, -0.2) is 4.98 Å². The molecule has 0 fully saturated rings. The van der Waals surface area contributed by atoms with E-state index < -0.39 is 12.1 Å². The number of hydrogen-bond acceptors (Lipinski definition) is 7. The van der Waals surface area contributed by atoms with Crippen molar-refractivity contribution in [2.75, 3.05) is 13.2 Å². The van der Waals surface area contributed by atoms with E-state index in [1.165, 1.54) is 0 Å². The Labute approximate surface area is 215 Å². The van der Waals surface area contributed by atoms with Crippen LogP contribution in [0.1, 0.15) is 37.4 Å². The van der Waals surface area contributed by atoms with Crippen molar-refractivity contribution >= 4 is 17.0 Å². The van der Waals surface area contributed by atoms with Crippen molar-refractivity contribution in [1.82, 2.24) is 19.3 Å². The first kappa shape index (κ1) is 27.0. The molecule has 2 aromatic heterocycles. The number of carbonyl (C=O) groups is 1. The molecule has 3 rings (SSSR count). The van der Waals surface area contributed by atoms with Crippen molar-refractivity contribution in [3.8, 4) is 5.75 Å². The molecular weight excluding hydrogens is 435 g/mol. The maximum atomic E-state index is 13.0. The summed E-state index contributed by atoms with van der Waals surface area (Å²) in [6.45, 7) is 6.56. The van der Waals surface area contributed by atoms with Gasteiger partial charge in [0.2, 0.25) is 0 Å². The fourth-order valence-corrected chi connectivity index (χ4v) is 3.69. The molecule has 0 aliphatic carbocycles. The number of fused-ring (bicyclic) bond motifs is 1. The zero-order valence-electron chi connectivity index (χ0n) is 20.0. The average Bonchev–Trinajstić information content (AvgIpc) is 3.06. The van der Waals surface area contributed by atoms with Crippen molar-refractivity contribution in [3.63, 3.8) is 0 Å². The van der Waals surface area contributed by atoms with Gasteiger partial charge in [-0.3, -0.25) is 14.0 Å². The topological polar surface area (TPSA) is 111 Å². The average molecular weight is 464 g/mol. The van der Waals surface area contributed by atoms with Crippen molar-refractivity contribution < 1.29 is 48.9 Å². The van der Waals surface area contributed by atoms with Gasteiger partial charge in [-0.2, -0.15) is 5.10 Å².